The van der Waals surface area contributed by atoms with E-state index in [2.05, 4.69) is 4.08 Å². The van der Waals surface area contributed by atoms with Crippen molar-refractivity contribution >= 4 is 35.2 Å². The average molecular weight is 274 g/mol. The number of hydrogen-bond acceptors (Lipinski definition) is 1. The molecule has 2 nitrogen and oxygen atoms in total. The Morgan fingerprint density at radius 1 is 1.33 bits per heavy atom. The Hall–Kier alpha value is -0.780. The average Bonchev–Trinajstić information content (AvgIpc) is 2.49. The fraction of sp³-hybridized carbons (Fsp3) is 0. The summed E-state index contributed by atoms with van der Waals surface area (Å²) in [5.41, 5.74) is 0.486. The predicted molar refractivity (Wildman–Crippen MR) is 47.8 cm³/mol. The van der Waals surface area contributed by atoms with Gasteiger partial charge in [-0.1, -0.05) is 0 Å². The van der Waals surface area contributed by atoms with Crippen molar-refractivity contribution in [2.24, 2.45) is 0 Å². The Kier molecular flexibility index (Phi) is 1.92. The fourth-order valence-corrected chi connectivity index (χ4v) is 3.75. The van der Waals surface area contributed by atoms with Crippen LogP contribution in [0.1, 0.15) is 10.4 Å². The van der Waals surface area contributed by atoms with Crippen molar-refractivity contribution in [2.45, 2.75) is 0 Å². The summed E-state index contributed by atoms with van der Waals surface area (Å²) in [7, 11) is 0. The molecule has 0 saturated heterocycles. The molecule has 3 heteroatoms. The van der Waals surface area contributed by atoms with Gasteiger partial charge in [-0.2, -0.15) is 0 Å². The molecule has 0 atom stereocenters. The molecule has 0 unspecified atom stereocenters. The van der Waals surface area contributed by atoms with Gasteiger partial charge in [-0.25, -0.2) is 0 Å². The van der Waals surface area contributed by atoms with Gasteiger partial charge < -0.3 is 0 Å². The van der Waals surface area contributed by atoms with Crippen molar-refractivity contribution in [1.29, 1.82) is 0 Å². The van der Waals surface area contributed by atoms with E-state index in [1.54, 1.807) is 12.1 Å². The zero-order chi connectivity index (χ0) is 8.55. The Morgan fingerprint density at radius 2 is 2.17 bits per heavy atom. The Morgan fingerprint density at radius 3 is 2.92 bits per heavy atom. The first-order valence-electron chi connectivity index (χ1n) is 3.48. The topological polar surface area (TPSA) is 37.3 Å². The second kappa shape index (κ2) is 2.93. The third-order valence-corrected chi connectivity index (χ3v) is 4.46. The van der Waals surface area contributed by atoms with Crippen LogP contribution in [0.2, 0.25) is 0 Å². The first-order chi connectivity index (χ1) is 5.79. The molecule has 12 heavy (non-hydrogen) atoms. The zero-order valence-electron chi connectivity index (χ0n) is 6.15. The molecular weight excluding hydrogens is 268 g/mol. The molecule has 0 radical (unpaired) electrons. The quantitative estimate of drug-likeness (QED) is 0.802. The number of hydrogen-bond donors (Lipinski definition) is 1. The monoisotopic (exact) mass is 276 g/mol. The van der Waals surface area contributed by atoms with Gasteiger partial charge in [0.2, 0.25) is 0 Å². The molecule has 1 heterocycles. The number of carboxylic acid groups (broad SMARTS) is 1. The number of fused-ring (bicyclic) bond motifs is 1. The summed E-state index contributed by atoms with van der Waals surface area (Å²) in [4.78, 5) is 10.8. The SMILES string of the molecule is O=C(O)c1cccc2cc[te]c12. The molecule has 60 valence electrons. The Labute approximate surface area is 79.1 Å². The molecule has 0 aliphatic rings. The summed E-state index contributed by atoms with van der Waals surface area (Å²) in [5, 5.41) is 9.94. The summed E-state index contributed by atoms with van der Waals surface area (Å²) in [6.07, 6.45) is 0. The van der Waals surface area contributed by atoms with Gasteiger partial charge in [0.05, 0.1) is 0 Å². The van der Waals surface area contributed by atoms with Crippen molar-refractivity contribution in [3.05, 3.63) is 33.9 Å². The van der Waals surface area contributed by atoms with Crippen LogP contribution in [-0.2, 0) is 0 Å². The molecule has 2 rings (SSSR count). The summed E-state index contributed by atoms with van der Waals surface area (Å²) in [5.74, 6) is -0.805. The van der Waals surface area contributed by atoms with E-state index in [4.69, 9.17) is 5.11 Å². The van der Waals surface area contributed by atoms with E-state index in [0.717, 1.165) is 8.79 Å². The van der Waals surface area contributed by atoms with Crippen molar-refractivity contribution in [3.8, 4) is 0 Å². The van der Waals surface area contributed by atoms with E-state index in [1.165, 1.54) is 0 Å². The molecule has 1 aromatic heterocycles. The number of carboxylic acids is 1. The second-order valence-electron chi connectivity index (χ2n) is 2.45. The van der Waals surface area contributed by atoms with Gasteiger partial charge >= 0.3 is 79.0 Å². The maximum absolute atomic E-state index is 10.8. The van der Waals surface area contributed by atoms with Crippen molar-refractivity contribution in [2.75, 3.05) is 0 Å². The van der Waals surface area contributed by atoms with Gasteiger partial charge in [-0.3, -0.25) is 0 Å². The van der Waals surface area contributed by atoms with E-state index in [-0.39, 0.29) is 20.4 Å². The molecule has 1 N–H and O–H groups in total. The van der Waals surface area contributed by atoms with Crippen LogP contribution in [0.15, 0.2) is 28.3 Å². The number of benzene rings is 1. The first kappa shape index (κ1) is 7.85. The van der Waals surface area contributed by atoms with Crippen molar-refractivity contribution < 1.29 is 9.90 Å². The molecule has 0 fully saturated rings. The summed E-state index contributed by atoms with van der Waals surface area (Å²) < 4.78 is 3.18. The fourth-order valence-electron chi connectivity index (χ4n) is 1.16. The van der Waals surface area contributed by atoms with E-state index in [1.807, 2.05) is 12.1 Å². The summed E-state index contributed by atoms with van der Waals surface area (Å²) in [6, 6.07) is 7.46. The number of carbonyl (C=O) groups is 1. The second-order valence-corrected chi connectivity index (χ2v) is 5.06. The van der Waals surface area contributed by atoms with Crippen LogP contribution in [0.4, 0.5) is 0 Å². The predicted octanol–water partition coefficient (Wildman–Crippen LogP) is 1.59. The molecule has 0 amide bonds. The van der Waals surface area contributed by atoms with Crippen molar-refractivity contribution in [1.82, 2.24) is 0 Å². The standard InChI is InChI=1S/C9H6O2Te/c10-9(11)7-3-1-2-6-4-5-12-8(6)7/h1-5H,(H,10,11). The van der Waals surface area contributed by atoms with Gasteiger partial charge in [0.15, 0.2) is 0 Å². The molecule has 1 aromatic carbocycles. The van der Waals surface area contributed by atoms with E-state index in [0.29, 0.717) is 5.56 Å². The van der Waals surface area contributed by atoms with E-state index in [9.17, 15) is 4.79 Å². The zero-order valence-corrected chi connectivity index (χ0v) is 8.48. The van der Waals surface area contributed by atoms with Crippen LogP contribution in [-0.4, -0.2) is 31.5 Å². The van der Waals surface area contributed by atoms with Crippen LogP contribution in [0, 0.1) is 0 Å². The molecule has 2 aromatic rings. The Bertz CT molecular complexity index is 431. The minimum absolute atomic E-state index is 0.365. The van der Waals surface area contributed by atoms with E-state index >= 15 is 0 Å². The van der Waals surface area contributed by atoms with Gasteiger partial charge in [0.25, 0.3) is 0 Å². The third kappa shape index (κ3) is 1.16. The molecule has 0 aliphatic carbocycles. The van der Waals surface area contributed by atoms with Crippen LogP contribution in [0.5, 0.6) is 0 Å². The van der Waals surface area contributed by atoms with Crippen LogP contribution in [0.25, 0.3) is 8.79 Å². The van der Waals surface area contributed by atoms with Gasteiger partial charge in [-0.05, 0) is 0 Å². The van der Waals surface area contributed by atoms with Crippen LogP contribution < -0.4 is 0 Å². The molecular formula is C9H6O2Te. The van der Waals surface area contributed by atoms with Crippen LogP contribution in [0.3, 0.4) is 0 Å². The van der Waals surface area contributed by atoms with E-state index < -0.39 is 5.97 Å². The molecule has 0 saturated carbocycles. The van der Waals surface area contributed by atoms with Crippen LogP contribution >= 0.6 is 0 Å². The molecule has 0 bridgehead atoms. The Balaban J connectivity index is 2.82. The van der Waals surface area contributed by atoms with Gasteiger partial charge in [0.1, 0.15) is 0 Å². The number of aromatic carboxylic acids is 1. The molecule has 0 spiro atoms. The normalized spacial score (nSPS) is 10.3. The summed E-state index contributed by atoms with van der Waals surface area (Å²) in [6.45, 7) is 0. The third-order valence-electron chi connectivity index (χ3n) is 1.71. The van der Waals surface area contributed by atoms with Crippen molar-refractivity contribution in [3.63, 3.8) is 0 Å². The summed E-state index contributed by atoms with van der Waals surface area (Å²) >= 11 is -0.365. The first-order valence-corrected chi connectivity index (χ1v) is 5.99. The molecule has 0 aliphatic heterocycles. The van der Waals surface area contributed by atoms with Gasteiger partial charge in [-0.15, -0.1) is 0 Å². The minimum atomic E-state index is -0.805. The maximum atomic E-state index is 10.8. The van der Waals surface area contributed by atoms with Gasteiger partial charge in [0, 0.05) is 0 Å². The number of rotatable bonds is 1.